The van der Waals surface area contributed by atoms with Crippen LogP contribution < -0.4 is 5.32 Å². The molecular formula is C16H23NO3. The standard InChI is InChI=1S/C16H23NO3/c1-5-15(11(3)16(19)20-6-2)13-8-7-9-14(10-13)17-12(4)18/h7-11,15H,5-6H2,1-4H3,(H,17,18). The Labute approximate surface area is 120 Å². The topological polar surface area (TPSA) is 55.4 Å². The normalized spacial score (nSPS) is 13.4. The third-order valence-corrected chi connectivity index (χ3v) is 3.34. The third-order valence-electron chi connectivity index (χ3n) is 3.34. The molecule has 2 unspecified atom stereocenters. The predicted octanol–water partition coefficient (Wildman–Crippen LogP) is 3.34. The Morgan fingerprint density at radius 2 is 2.00 bits per heavy atom. The first-order chi connectivity index (χ1) is 9.49. The highest BCUT2D eigenvalue weighted by atomic mass is 16.5. The summed E-state index contributed by atoms with van der Waals surface area (Å²) in [7, 11) is 0. The van der Waals surface area contributed by atoms with Crippen LogP contribution in [0.25, 0.3) is 0 Å². The van der Waals surface area contributed by atoms with E-state index in [-0.39, 0.29) is 23.7 Å². The van der Waals surface area contributed by atoms with Gasteiger partial charge >= 0.3 is 5.97 Å². The Balaban J connectivity index is 2.94. The monoisotopic (exact) mass is 277 g/mol. The highest BCUT2D eigenvalue weighted by Gasteiger charge is 2.25. The van der Waals surface area contributed by atoms with Crippen LogP contribution in [0.15, 0.2) is 24.3 Å². The molecule has 0 aromatic heterocycles. The van der Waals surface area contributed by atoms with Gasteiger partial charge in [0.2, 0.25) is 5.91 Å². The first kappa shape index (κ1) is 16.2. The van der Waals surface area contributed by atoms with Gasteiger partial charge in [-0.1, -0.05) is 26.0 Å². The summed E-state index contributed by atoms with van der Waals surface area (Å²) >= 11 is 0. The number of carbonyl (C=O) groups excluding carboxylic acids is 2. The number of rotatable bonds is 6. The number of nitrogens with one attached hydrogen (secondary N) is 1. The Bertz CT molecular complexity index is 471. The van der Waals surface area contributed by atoms with Gasteiger partial charge in [0.25, 0.3) is 0 Å². The first-order valence-electron chi connectivity index (χ1n) is 7.03. The van der Waals surface area contributed by atoms with Crippen LogP contribution >= 0.6 is 0 Å². The lowest BCUT2D eigenvalue weighted by molar-refractivity contribution is -0.148. The number of esters is 1. The lowest BCUT2D eigenvalue weighted by atomic mass is 9.85. The van der Waals surface area contributed by atoms with Crippen LogP contribution in [-0.2, 0) is 14.3 Å². The van der Waals surface area contributed by atoms with E-state index < -0.39 is 0 Å². The van der Waals surface area contributed by atoms with E-state index in [0.717, 1.165) is 17.7 Å². The minimum Gasteiger partial charge on any atom is -0.466 e. The van der Waals surface area contributed by atoms with Crippen molar-refractivity contribution in [2.45, 2.75) is 40.0 Å². The van der Waals surface area contributed by atoms with E-state index in [4.69, 9.17) is 4.74 Å². The maximum atomic E-state index is 11.9. The molecule has 0 aliphatic rings. The Hall–Kier alpha value is -1.84. The molecule has 1 aromatic carbocycles. The van der Waals surface area contributed by atoms with E-state index in [1.807, 2.05) is 45.0 Å². The van der Waals surface area contributed by atoms with Gasteiger partial charge in [-0.15, -0.1) is 0 Å². The lowest BCUT2D eigenvalue weighted by Gasteiger charge is -2.22. The summed E-state index contributed by atoms with van der Waals surface area (Å²) in [4.78, 5) is 23.0. The van der Waals surface area contributed by atoms with Crippen LogP contribution in [0.3, 0.4) is 0 Å². The highest BCUT2D eigenvalue weighted by molar-refractivity contribution is 5.88. The molecule has 1 amide bonds. The van der Waals surface area contributed by atoms with Crippen molar-refractivity contribution < 1.29 is 14.3 Å². The maximum Gasteiger partial charge on any atom is 0.309 e. The van der Waals surface area contributed by atoms with Crippen LogP contribution in [0, 0.1) is 5.92 Å². The van der Waals surface area contributed by atoms with E-state index in [0.29, 0.717) is 6.61 Å². The summed E-state index contributed by atoms with van der Waals surface area (Å²) in [5, 5.41) is 2.76. The second-order valence-electron chi connectivity index (χ2n) is 4.86. The number of hydrogen-bond donors (Lipinski definition) is 1. The molecule has 0 saturated carbocycles. The van der Waals surface area contributed by atoms with Gasteiger partial charge in [0.15, 0.2) is 0 Å². The van der Waals surface area contributed by atoms with Crippen molar-refractivity contribution in [2.24, 2.45) is 5.92 Å². The number of hydrogen-bond acceptors (Lipinski definition) is 3. The number of benzene rings is 1. The molecular weight excluding hydrogens is 254 g/mol. The second kappa shape index (κ2) is 7.68. The summed E-state index contributed by atoms with van der Waals surface area (Å²) in [6.07, 6.45) is 0.837. The molecule has 1 N–H and O–H groups in total. The van der Waals surface area contributed by atoms with Crippen LogP contribution in [0.1, 0.15) is 45.6 Å². The van der Waals surface area contributed by atoms with Crippen molar-refractivity contribution in [1.82, 2.24) is 0 Å². The summed E-state index contributed by atoms with van der Waals surface area (Å²) in [5.74, 6) is -0.395. The number of ether oxygens (including phenoxy) is 1. The van der Waals surface area contributed by atoms with Gasteiger partial charge in [0.1, 0.15) is 0 Å². The molecule has 0 radical (unpaired) electrons. The number of amides is 1. The Morgan fingerprint density at radius 1 is 1.30 bits per heavy atom. The van der Waals surface area contributed by atoms with Gasteiger partial charge in [-0.05, 0) is 37.0 Å². The number of carbonyl (C=O) groups is 2. The van der Waals surface area contributed by atoms with Crippen LogP contribution in [-0.4, -0.2) is 18.5 Å². The summed E-state index contributed by atoms with van der Waals surface area (Å²) in [6, 6.07) is 7.63. The zero-order valence-electron chi connectivity index (χ0n) is 12.6. The van der Waals surface area contributed by atoms with Crippen molar-refractivity contribution in [2.75, 3.05) is 11.9 Å². The van der Waals surface area contributed by atoms with E-state index in [9.17, 15) is 9.59 Å². The van der Waals surface area contributed by atoms with Gasteiger partial charge in [-0.25, -0.2) is 0 Å². The minimum atomic E-state index is -0.201. The fourth-order valence-electron chi connectivity index (χ4n) is 2.37. The van der Waals surface area contributed by atoms with Crippen molar-refractivity contribution in [1.29, 1.82) is 0 Å². The van der Waals surface area contributed by atoms with Crippen molar-refractivity contribution >= 4 is 17.6 Å². The van der Waals surface area contributed by atoms with Gasteiger partial charge in [0, 0.05) is 12.6 Å². The summed E-state index contributed by atoms with van der Waals surface area (Å²) in [5.41, 5.74) is 1.80. The van der Waals surface area contributed by atoms with Gasteiger partial charge < -0.3 is 10.1 Å². The van der Waals surface area contributed by atoms with Crippen molar-refractivity contribution in [3.63, 3.8) is 0 Å². The smallest absolute Gasteiger partial charge is 0.309 e. The molecule has 20 heavy (non-hydrogen) atoms. The average Bonchev–Trinajstić information content (AvgIpc) is 2.39. The molecule has 110 valence electrons. The zero-order chi connectivity index (χ0) is 15.1. The van der Waals surface area contributed by atoms with Gasteiger partial charge in [-0.2, -0.15) is 0 Å². The third kappa shape index (κ3) is 4.37. The van der Waals surface area contributed by atoms with E-state index in [1.54, 1.807) is 0 Å². The molecule has 0 saturated heterocycles. The Morgan fingerprint density at radius 3 is 2.55 bits per heavy atom. The van der Waals surface area contributed by atoms with Gasteiger partial charge in [-0.3, -0.25) is 9.59 Å². The average molecular weight is 277 g/mol. The molecule has 4 nitrogen and oxygen atoms in total. The SMILES string of the molecule is CCOC(=O)C(C)C(CC)c1cccc(NC(C)=O)c1. The molecule has 1 aromatic rings. The van der Waals surface area contributed by atoms with E-state index in [1.165, 1.54) is 6.92 Å². The second-order valence-corrected chi connectivity index (χ2v) is 4.86. The van der Waals surface area contributed by atoms with Crippen molar-refractivity contribution in [3.05, 3.63) is 29.8 Å². The molecule has 0 aliphatic carbocycles. The summed E-state index contributed by atoms with van der Waals surface area (Å²) < 4.78 is 5.09. The molecule has 0 aliphatic heterocycles. The summed E-state index contributed by atoms with van der Waals surface area (Å²) in [6.45, 7) is 7.61. The molecule has 2 atom stereocenters. The molecule has 0 spiro atoms. The molecule has 0 bridgehead atoms. The van der Waals surface area contributed by atoms with Crippen molar-refractivity contribution in [3.8, 4) is 0 Å². The highest BCUT2D eigenvalue weighted by Crippen LogP contribution is 2.30. The number of anilines is 1. The predicted molar refractivity (Wildman–Crippen MR) is 79.6 cm³/mol. The fraction of sp³-hybridized carbons (Fsp3) is 0.500. The molecule has 0 heterocycles. The zero-order valence-corrected chi connectivity index (χ0v) is 12.6. The quantitative estimate of drug-likeness (QED) is 0.811. The molecule has 0 fully saturated rings. The molecule has 1 rings (SSSR count). The van der Waals surface area contributed by atoms with E-state index >= 15 is 0 Å². The van der Waals surface area contributed by atoms with Gasteiger partial charge in [0.05, 0.1) is 12.5 Å². The van der Waals surface area contributed by atoms with Crippen LogP contribution in [0.4, 0.5) is 5.69 Å². The largest absolute Gasteiger partial charge is 0.466 e. The van der Waals surface area contributed by atoms with E-state index in [2.05, 4.69) is 5.32 Å². The fourth-order valence-corrected chi connectivity index (χ4v) is 2.37. The Kier molecular flexibility index (Phi) is 6.22. The molecule has 4 heteroatoms. The van der Waals surface area contributed by atoms with Crippen LogP contribution in [0.5, 0.6) is 0 Å². The lowest BCUT2D eigenvalue weighted by Crippen LogP contribution is -2.21. The first-order valence-corrected chi connectivity index (χ1v) is 7.03. The maximum absolute atomic E-state index is 11.9. The minimum absolute atomic E-state index is 0.0859. The van der Waals surface area contributed by atoms with Crippen LogP contribution in [0.2, 0.25) is 0 Å².